The zero-order valence-corrected chi connectivity index (χ0v) is 9.77. The van der Waals surface area contributed by atoms with Crippen LogP contribution in [0.5, 0.6) is 5.75 Å². The zero-order valence-electron chi connectivity index (χ0n) is 9.77. The average molecular weight is 217 g/mol. The summed E-state index contributed by atoms with van der Waals surface area (Å²) in [5, 5.41) is 3.73. The topological polar surface area (TPSA) is 58.0 Å². The SMILES string of the molecule is C=C(c1ccc(OC)cc1)C(C)(C)N=[N+]=[N-]. The van der Waals surface area contributed by atoms with Gasteiger partial charge in [0.2, 0.25) is 0 Å². The lowest BCUT2D eigenvalue weighted by atomic mass is 9.90. The predicted octanol–water partition coefficient (Wildman–Crippen LogP) is 3.80. The molecule has 0 bridgehead atoms. The van der Waals surface area contributed by atoms with Gasteiger partial charge in [0.15, 0.2) is 0 Å². The molecule has 1 rings (SSSR count). The van der Waals surface area contributed by atoms with Crippen LogP contribution in [0.3, 0.4) is 0 Å². The van der Waals surface area contributed by atoms with Gasteiger partial charge in [-0.05, 0) is 28.8 Å². The van der Waals surface area contributed by atoms with E-state index in [2.05, 4.69) is 16.6 Å². The minimum atomic E-state index is -0.622. The maximum Gasteiger partial charge on any atom is 0.118 e. The third kappa shape index (κ3) is 2.55. The maximum absolute atomic E-state index is 8.48. The second-order valence-electron chi connectivity index (χ2n) is 3.96. The number of hydrogen-bond donors (Lipinski definition) is 0. The molecular weight excluding hydrogens is 202 g/mol. The van der Waals surface area contributed by atoms with Gasteiger partial charge >= 0.3 is 0 Å². The molecule has 0 saturated heterocycles. The molecule has 4 nitrogen and oxygen atoms in total. The first-order valence-electron chi connectivity index (χ1n) is 4.91. The van der Waals surface area contributed by atoms with Crippen LogP contribution in [0.15, 0.2) is 36.0 Å². The van der Waals surface area contributed by atoms with Crippen molar-refractivity contribution in [1.29, 1.82) is 0 Å². The Balaban J connectivity index is 3.00. The maximum atomic E-state index is 8.48. The van der Waals surface area contributed by atoms with Crippen molar-refractivity contribution < 1.29 is 4.74 Å². The molecule has 0 aliphatic heterocycles. The molecule has 1 aromatic carbocycles. The van der Waals surface area contributed by atoms with Crippen molar-refractivity contribution in [2.45, 2.75) is 19.4 Å². The Labute approximate surface area is 95.2 Å². The van der Waals surface area contributed by atoms with E-state index in [1.807, 2.05) is 38.1 Å². The van der Waals surface area contributed by atoms with Crippen LogP contribution in [0.25, 0.3) is 16.0 Å². The van der Waals surface area contributed by atoms with Crippen LogP contribution in [0.2, 0.25) is 0 Å². The Morgan fingerprint density at radius 2 is 1.94 bits per heavy atom. The summed E-state index contributed by atoms with van der Waals surface area (Å²) in [6.07, 6.45) is 0. The highest BCUT2D eigenvalue weighted by Gasteiger charge is 2.21. The van der Waals surface area contributed by atoms with Crippen LogP contribution >= 0.6 is 0 Å². The van der Waals surface area contributed by atoms with E-state index in [9.17, 15) is 0 Å². The number of azide groups is 1. The quantitative estimate of drug-likeness (QED) is 0.430. The minimum absolute atomic E-state index is 0.622. The molecule has 16 heavy (non-hydrogen) atoms. The Kier molecular flexibility index (Phi) is 3.59. The summed E-state index contributed by atoms with van der Waals surface area (Å²) < 4.78 is 5.07. The zero-order chi connectivity index (χ0) is 12.2. The third-order valence-electron chi connectivity index (χ3n) is 2.47. The lowest BCUT2D eigenvalue weighted by Gasteiger charge is -2.21. The molecule has 0 aromatic heterocycles. The molecule has 0 unspecified atom stereocenters. The summed E-state index contributed by atoms with van der Waals surface area (Å²) in [4.78, 5) is 2.83. The number of ether oxygens (including phenoxy) is 1. The largest absolute Gasteiger partial charge is 0.497 e. The van der Waals surface area contributed by atoms with Crippen LogP contribution in [0.1, 0.15) is 19.4 Å². The molecule has 0 N–H and O–H groups in total. The normalized spacial score (nSPS) is 10.4. The van der Waals surface area contributed by atoms with E-state index in [0.717, 1.165) is 16.9 Å². The molecule has 0 atom stereocenters. The molecule has 84 valence electrons. The molecule has 0 aliphatic carbocycles. The Morgan fingerprint density at radius 3 is 2.38 bits per heavy atom. The van der Waals surface area contributed by atoms with E-state index in [1.165, 1.54) is 0 Å². The van der Waals surface area contributed by atoms with E-state index in [-0.39, 0.29) is 0 Å². The highest BCUT2D eigenvalue weighted by Crippen LogP contribution is 2.29. The van der Waals surface area contributed by atoms with E-state index < -0.39 is 5.54 Å². The van der Waals surface area contributed by atoms with Crippen molar-refractivity contribution in [1.82, 2.24) is 0 Å². The van der Waals surface area contributed by atoms with E-state index in [0.29, 0.717) is 0 Å². The molecule has 0 radical (unpaired) electrons. The van der Waals surface area contributed by atoms with Gasteiger partial charge < -0.3 is 4.74 Å². The van der Waals surface area contributed by atoms with Crippen molar-refractivity contribution in [2.75, 3.05) is 7.11 Å². The predicted molar refractivity (Wildman–Crippen MR) is 65.3 cm³/mol. The Bertz CT molecular complexity index is 428. The molecule has 0 aliphatic rings. The molecule has 0 fully saturated rings. The molecule has 0 amide bonds. The standard InChI is InChI=1S/C12H15N3O/c1-9(12(2,3)14-15-13)10-5-7-11(16-4)8-6-10/h5-8H,1H2,2-4H3. The summed E-state index contributed by atoms with van der Waals surface area (Å²) in [7, 11) is 1.62. The van der Waals surface area contributed by atoms with Gasteiger partial charge in [0.25, 0.3) is 0 Å². The van der Waals surface area contributed by atoms with Gasteiger partial charge in [-0.25, -0.2) is 0 Å². The lowest BCUT2D eigenvalue weighted by Crippen LogP contribution is -2.17. The Morgan fingerprint density at radius 1 is 1.38 bits per heavy atom. The molecule has 0 heterocycles. The van der Waals surface area contributed by atoms with Crippen molar-refractivity contribution in [3.05, 3.63) is 46.9 Å². The summed E-state index contributed by atoms with van der Waals surface area (Å²) in [6, 6.07) is 7.50. The summed E-state index contributed by atoms with van der Waals surface area (Å²) in [6.45, 7) is 7.63. The van der Waals surface area contributed by atoms with Gasteiger partial charge in [0, 0.05) is 4.91 Å². The summed E-state index contributed by atoms with van der Waals surface area (Å²) in [5.41, 5.74) is 9.58. The fourth-order valence-electron chi connectivity index (χ4n) is 1.32. The first-order valence-corrected chi connectivity index (χ1v) is 4.91. The highest BCUT2D eigenvalue weighted by atomic mass is 16.5. The fourth-order valence-corrected chi connectivity index (χ4v) is 1.32. The van der Waals surface area contributed by atoms with Crippen LogP contribution in [0.4, 0.5) is 0 Å². The molecule has 0 spiro atoms. The van der Waals surface area contributed by atoms with Gasteiger partial charge in [-0.15, -0.1) is 0 Å². The molecular formula is C12H15N3O. The first kappa shape index (κ1) is 12.1. The van der Waals surface area contributed by atoms with Gasteiger partial charge in [0.1, 0.15) is 5.75 Å². The number of rotatable bonds is 4. The first-order chi connectivity index (χ1) is 7.51. The number of methoxy groups -OCH3 is 1. The lowest BCUT2D eigenvalue weighted by molar-refractivity contribution is 0.414. The second kappa shape index (κ2) is 4.73. The second-order valence-corrected chi connectivity index (χ2v) is 3.96. The van der Waals surface area contributed by atoms with Crippen LogP contribution < -0.4 is 4.74 Å². The Hall–Kier alpha value is -1.93. The fraction of sp³-hybridized carbons (Fsp3) is 0.333. The molecule has 4 heteroatoms. The average Bonchev–Trinajstić information content (AvgIpc) is 2.28. The van der Waals surface area contributed by atoms with Crippen molar-refractivity contribution in [3.8, 4) is 5.75 Å². The van der Waals surface area contributed by atoms with Crippen LogP contribution in [-0.2, 0) is 0 Å². The van der Waals surface area contributed by atoms with Gasteiger partial charge in [-0.2, -0.15) is 0 Å². The smallest absolute Gasteiger partial charge is 0.118 e. The van der Waals surface area contributed by atoms with Crippen LogP contribution in [-0.4, -0.2) is 12.6 Å². The van der Waals surface area contributed by atoms with E-state index >= 15 is 0 Å². The van der Waals surface area contributed by atoms with Gasteiger partial charge in [0.05, 0.1) is 12.6 Å². The number of nitrogens with zero attached hydrogens (tertiary/aromatic N) is 3. The van der Waals surface area contributed by atoms with E-state index in [4.69, 9.17) is 10.3 Å². The monoisotopic (exact) mass is 217 g/mol. The molecule has 0 saturated carbocycles. The van der Waals surface area contributed by atoms with Gasteiger partial charge in [-0.1, -0.05) is 37.7 Å². The highest BCUT2D eigenvalue weighted by molar-refractivity contribution is 5.70. The van der Waals surface area contributed by atoms with Crippen molar-refractivity contribution >= 4 is 5.57 Å². The van der Waals surface area contributed by atoms with E-state index in [1.54, 1.807) is 7.11 Å². The van der Waals surface area contributed by atoms with Gasteiger partial charge in [-0.3, -0.25) is 0 Å². The van der Waals surface area contributed by atoms with Crippen molar-refractivity contribution in [2.24, 2.45) is 5.11 Å². The summed E-state index contributed by atoms with van der Waals surface area (Å²) in [5.74, 6) is 0.790. The van der Waals surface area contributed by atoms with Crippen LogP contribution in [0, 0.1) is 0 Å². The summed E-state index contributed by atoms with van der Waals surface area (Å²) >= 11 is 0. The minimum Gasteiger partial charge on any atom is -0.497 e. The number of benzene rings is 1. The van der Waals surface area contributed by atoms with Crippen molar-refractivity contribution in [3.63, 3.8) is 0 Å². The third-order valence-corrected chi connectivity index (χ3v) is 2.47. The number of hydrogen-bond acceptors (Lipinski definition) is 2. The molecule has 1 aromatic rings.